The van der Waals surface area contributed by atoms with Gasteiger partial charge in [-0.15, -0.1) is 11.3 Å². The van der Waals surface area contributed by atoms with Gasteiger partial charge in [-0.05, 0) is 25.2 Å². The molecule has 4 nitrogen and oxygen atoms in total. The second-order valence-electron chi connectivity index (χ2n) is 5.23. The molecule has 0 radical (unpaired) electrons. The van der Waals surface area contributed by atoms with E-state index >= 15 is 0 Å². The van der Waals surface area contributed by atoms with Gasteiger partial charge in [0.1, 0.15) is 0 Å². The first-order chi connectivity index (χ1) is 9.51. The lowest BCUT2D eigenvalue weighted by Crippen LogP contribution is -2.41. The van der Waals surface area contributed by atoms with Crippen LogP contribution in [0.1, 0.15) is 37.0 Å². The molecule has 1 aromatic rings. The molecule has 1 saturated carbocycles. The third-order valence-electron chi connectivity index (χ3n) is 3.92. The van der Waals surface area contributed by atoms with Crippen LogP contribution < -0.4 is 10.5 Å². The fourth-order valence-electron chi connectivity index (χ4n) is 2.57. The number of rotatable bonds is 6. The first-order valence-corrected chi connectivity index (χ1v) is 10.4. The Morgan fingerprint density at radius 2 is 2.10 bits per heavy atom. The van der Waals surface area contributed by atoms with E-state index in [1.807, 2.05) is 0 Å². The molecule has 2 rings (SSSR count). The zero-order valence-electron chi connectivity index (χ0n) is 11.7. The molecule has 0 amide bonds. The Morgan fingerprint density at radius 1 is 1.40 bits per heavy atom. The molecule has 0 atom stereocenters. The highest BCUT2D eigenvalue weighted by Gasteiger charge is 2.32. The predicted octanol–water partition coefficient (Wildman–Crippen LogP) is 2.55. The second-order valence-corrected chi connectivity index (χ2v) is 9.26. The second kappa shape index (κ2) is 6.79. The fourth-order valence-corrected chi connectivity index (χ4v) is 5.86. The Kier molecular flexibility index (Phi) is 5.53. The van der Waals surface area contributed by atoms with Crippen molar-refractivity contribution in [3.63, 3.8) is 0 Å². The summed E-state index contributed by atoms with van der Waals surface area (Å²) in [6.07, 6.45) is 7.91. The maximum Gasteiger partial charge on any atom is 0.241 e. The van der Waals surface area contributed by atoms with E-state index in [2.05, 4.69) is 11.0 Å². The minimum Gasteiger partial charge on any atom is -0.326 e. The van der Waals surface area contributed by atoms with Gasteiger partial charge in [0.05, 0.1) is 4.90 Å². The molecule has 0 aromatic carbocycles. The molecule has 1 aromatic heterocycles. The fraction of sp³-hybridized carbons (Fsp3) is 0.692. The van der Waals surface area contributed by atoms with Crippen LogP contribution in [0.15, 0.2) is 16.3 Å². The summed E-state index contributed by atoms with van der Waals surface area (Å²) in [7, 11) is -3.41. The lowest BCUT2D eigenvalue weighted by atomic mass is 9.88. The quantitative estimate of drug-likeness (QED) is 0.838. The van der Waals surface area contributed by atoms with Gasteiger partial charge in [0.15, 0.2) is 0 Å². The van der Waals surface area contributed by atoms with E-state index in [0.29, 0.717) is 18.0 Å². The smallest absolute Gasteiger partial charge is 0.241 e. The van der Waals surface area contributed by atoms with Gasteiger partial charge in [0.25, 0.3) is 0 Å². The van der Waals surface area contributed by atoms with Gasteiger partial charge in [-0.3, -0.25) is 0 Å². The monoisotopic (exact) mass is 334 g/mol. The maximum absolute atomic E-state index is 12.3. The van der Waals surface area contributed by atoms with Crippen molar-refractivity contribution in [3.8, 4) is 0 Å². The molecule has 0 aliphatic heterocycles. The van der Waals surface area contributed by atoms with Crippen molar-refractivity contribution in [1.82, 2.24) is 4.72 Å². The lowest BCUT2D eigenvalue weighted by molar-refractivity contribution is 0.395. The highest BCUT2D eigenvalue weighted by Crippen LogP contribution is 2.38. The molecule has 3 N–H and O–H groups in total. The van der Waals surface area contributed by atoms with Crippen LogP contribution in [-0.4, -0.2) is 26.0 Å². The Labute approximate surface area is 129 Å². The summed E-state index contributed by atoms with van der Waals surface area (Å²) in [5, 5.41) is 1.66. The van der Waals surface area contributed by atoms with E-state index < -0.39 is 10.0 Å². The Morgan fingerprint density at radius 3 is 2.65 bits per heavy atom. The molecule has 7 heteroatoms. The summed E-state index contributed by atoms with van der Waals surface area (Å²) in [6.45, 7) is 0.902. The molecule has 1 fully saturated rings. The Bertz CT molecular complexity index is 534. The van der Waals surface area contributed by atoms with Crippen molar-refractivity contribution in [3.05, 3.63) is 16.3 Å². The van der Waals surface area contributed by atoms with Crippen molar-refractivity contribution in [2.24, 2.45) is 5.73 Å². The summed E-state index contributed by atoms with van der Waals surface area (Å²) in [5.74, 6) is 0. The molecule has 1 aliphatic rings. The lowest BCUT2D eigenvalue weighted by Gasteiger charge is -2.35. The topological polar surface area (TPSA) is 72.2 Å². The molecule has 0 bridgehead atoms. The molecule has 20 heavy (non-hydrogen) atoms. The van der Waals surface area contributed by atoms with Crippen molar-refractivity contribution >= 4 is 33.1 Å². The zero-order valence-corrected chi connectivity index (χ0v) is 14.2. The number of sulfonamides is 1. The largest absolute Gasteiger partial charge is 0.326 e. The summed E-state index contributed by atoms with van der Waals surface area (Å²) >= 11 is 3.19. The van der Waals surface area contributed by atoms with Gasteiger partial charge < -0.3 is 5.73 Å². The average Bonchev–Trinajstić information content (AvgIpc) is 2.96. The third-order valence-corrected chi connectivity index (χ3v) is 7.83. The summed E-state index contributed by atoms with van der Waals surface area (Å²) in [6, 6.07) is 1.67. The maximum atomic E-state index is 12.3. The van der Waals surface area contributed by atoms with Crippen LogP contribution >= 0.6 is 23.1 Å². The molecule has 1 heterocycles. The number of hydrogen-bond acceptors (Lipinski definition) is 5. The summed E-state index contributed by atoms with van der Waals surface area (Å²) < 4.78 is 27.5. The number of nitrogens with two attached hydrogens (primary N) is 1. The minimum absolute atomic E-state index is 0.0675. The first-order valence-electron chi connectivity index (χ1n) is 6.84. The van der Waals surface area contributed by atoms with Crippen LogP contribution in [0.2, 0.25) is 0 Å². The van der Waals surface area contributed by atoms with Crippen molar-refractivity contribution < 1.29 is 8.42 Å². The first kappa shape index (κ1) is 16.3. The highest BCUT2D eigenvalue weighted by atomic mass is 32.2. The van der Waals surface area contributed by atoms with E-state index in [4.69, 9.17) is 5.73 Å². The number of thioether (sulfide) groups is 1. The van der Waals surface area contributed by atoms with E-state index in [-0.39, 0.29) is 4.75 Å². The van der Waals surface area contributed by atoms with Gasteiger partial charge in [0, 0.05) is 28.1 Å². The normalized spacial score (nSPS) is 19.1. The molecular formula is C13H22N2O2S3. The number of hydrogen-bond donors (Lipinski definition) is 2. The zero-order chi connectivity index (χ0) is 14.6. The molecule has 0 spiro atoms. The average molecular weight is 335 g/mol. The van der Waals surface area contributed by atoms with E-state index in [1.165, 1.54) is 30.6 Å². The predicted molar refractivity (Wildman–Crippen MR) is 86.7 cm³/mol. The van der Waals surface area contributed by atoms with Crippen LogP contribution in [0.25, 0.3) is 0 Å². The van der Waals surface area contributed by atoms with E-state index in [0.717, 1.165) is 17.7 Å². The van der Waals surface area contributed by atoms with E-state index in [9.17, 15) is 8.42 Å². The van der Waals surface area contributed by atoms with Crippen LogP contribution in [0, 0.1) is 0 Å². The minimum atomic E-state index is -3.41. The van der Waals surface area contributed by atoms with Gasteiger partial charge in [-0.2, -0.15) is 11.8 Å². The van der Waals surface area contributed by atoms with Gasteiger partial charge in [-0.25, -0.2) is 13.1 Å². The van der Waals surface area contributed by atoms with Crippen molar-refractivity contribution in [1.29, 1.82) is 0 Å². The third kappa shape index (κ3) is 3.76. The van der Waals surface area contributed by atoms with Crippen molar-refractivity contribution in [2.75, 3.05) is 12.8 Å². The molecule has 1 aliphatic carbocycles. The van der Waals surface area contributed by atoms with Gasteiger partial charge in [-0.1, -0.05) is 19.3 Å². The Balaban J connectivity index is 2.04. The van der Waals surface area contributed by atoms with Crippen LogP contribution in [-0.2, 0) is 16.6 Å². The number of nitrogens with one attached hydrogen (secondary N) is 1. The number of thiophene rings is 1. The molecule has 0 unspecified atom stereocenters. The highest BCUT2D eigenvalue weighted by molar-refractivity contribution is 8.00. The summed E-state index contributed by atoms with van der Waals surface area (Å²) in [4.78, 5) is 1.23. The Hall–Kier alpha value is -0.0800. The standard InChI is InChI=1S/C13H22N2O2S3/c1-18-13(5-3-2-4-6-13)10-15-20(16,17)12-7-11(8-14)19-9-12/h7,9,15H,2-6,8,10,14H2,1H3. The molecule has 114 valence electrons. The SMILES string of the molecule is CSC1(CNS(=O)(=O)c2csc(CN)c2)CCCCC1. The van der Waals surface area contributed by atoms with Gasteiger partial charge in [0.2, 0.25) is 10.0 Å². The van der Waals surface area contributed by atoms with E-state index in [1.54, 1.807) is 23.2 Å². The van der Waals surface area contributed by atoms with Crippen LogP contribution in [0.4, 0.5) is 0 Å². The molecule has 0 saturated heterocycles. The van der Waals surface area contributed by atoms with Gasteiger partial charge >= 0.3 is 0 Å². The van der Waals surface area contributed by atoms with Crippen LogP contribution in [0.5, 0.6) is 0 Å². The van der Waals surface area contributed by atoms with Crippen LogP contribution in [0.3, 0.4) is 0 Å². The summed E-state index contributed by atoms with van der Waals surface area (Å²) in [5.41, 5.74) is 5.53. The molecular weight excluding hydrogens is 312 g/mol. The van der Waals surface area contributed by atoms with Crippen molar-refractivity contribution in [2.45, 2.75) is 48.3 Å².